The number of hydrogen-bond acceptors (Lipinski definition) is 2. The third kappa shape index (κ3) is 2.50. The van der Waals surface area contributed by atoms with Gasteiger partial charge in [-0.3, -0.25) is 4.79 Å². The lowest BCUT2D eigenvalue weighted by Crippen LogP contribution is -2.38. The molecule has 0 saturated carbocycles. The molecule has 1 aliphatic heterocycles. The minimum Gasteiger partial charge on any atom is -0.383 e. The van der Waals surface area contributed by atoms with Crippen molar-refractivity contribution in [2.24, 2.45) is 5.92 Å². The second kappa shape index (κ2) is 5.41. The Hall–Kier alpha value is -1.61. The Morgan fingerprint density at radius 3 is 2.75 bits per heavy atom. The van der Waals surface area contributed by atoms with E-state index < -0.39 is 5.60 Å². The molecule has 20 heavy (non-hydrogen) atoms. The molecule has 1 aromatic rings. The second-order valence-corrected chi connectivity index (χ2v) is 5.89. The number of β-amino-alcohol motifs (C(OH)–C–C–N with tert-alkyl or cyclic N) is 1. The summed E-state index contributed by atoms with van der Waals surface area (Å²) < 4.78 is 0. The van der Waals surface area contributed by atoms with E-state index >= 15 is 0 Å². The van der Waals surface area contributed by atoms with E-state index in [-0.39, 0.29) is 11.8 Å². The molecule has 1 aromatic carbocycles. The van der Waals surface area contributed by atoms with Crippen molar-refractivity contribution in [3.8, 4) is 0 Å². The number of hydrogen-bond donors (Lipinski definition) is 1. The van der Waals surface area contributed by atoms with E-state index in [9.17, 15) is 9.90 Å². The molecule has 2 aliphatic rings. The molecule has 1 saturated heterocycles. The van der Waals surface area contributed by atoms with E-state index in [2.05, 4.69) is 12.2 Å². The third-order valence-corrected chi connectivity index (χ3v) is 4.49. The van der Waals surface area contributed by atoms with Gasteiger partial charge >= 0.3 is 0 Å². The maximum atomic E-state index is 12.5. The minimum atomic E-state index is -0.874. The van der Waals surface area contributed by atoms with Crippen LogP contribution in [-0.2, 0) is 10.4 Å². The fourth-order valence-corrected chi connectivity index (χ4v) is 3.24. The molecule has 106 valence electrons. The fourth-order valence-electron chi connectivity index (χ4n) is 3.24. The molecular formula is C17H21NO2. The third-order valence-electron chi connectivity index (χ3n) is 4.49. The van der Waals surface area contributed by atoms with E-state index in [1.54, 1.807) is 0 Å². The quantitative estimate of drug-likeness (QED) is 0.839. The summed E-state index contributed by atoms with van der Waals surface area (Å²) in [5.41, 5.74) is 0.0420. The molecule has 0 unspecified atom stereocenters. The van der Waals surface area contributed by atoms with Crippen LogP contribution in [-0.4, -0.2) is 29.0 Å². The molecule has 1 fully saturated rings. The molecule has 0 aromatic heterocycles. The summed E-state index contributed by atoms with van der Waals surface area (Å²) in [6.45, 7) is 1.08. The zero-order valence-electron chi connectivity index (χ0n) is 11.7. The summed E-state index contributed by atoms with van der Waals surface area (Å²) in [6, 6.07) is 9.70. The summed E-state index contributed by atoms with van der Waals surface area (Å²) in [5.74, 6) is 0.319. The SMILES string of the molecule is O=C([C@@H]1CC=CCC1)N1CC[C@](O)(c2ccccc2)C1. The summed E-state index contributed by atoms with van der Waals surface area (Å²) >= 11 is 0. The van der Waals surface area contributed by atoms with Crippen LogP contribution in [0.3, 0.4) is 0 Å². The van der Waals surface area contributed by atoms with Crippen molar-refractivity contribution in [1.29, 1.82) is 0 Å². The van der Waals surface area contributed by atoms with Crippen LogP contribution in [0.5, 0.6) is 0 Å². The second-order valence-electron chi connectivity index (χ2n) is 5.89. The van der Waals surface area contributed by atoms with Crippen molar-refractivity contribution in [2.75, 3.05) is 13.1 Å². The van der Waals surface area contributed by atoms with Gasteiger partial charge in [0.05, 0.1) is 6.54 Å². The first kappa shape index (κ1) is 13.4. The van der Waals surface area contributed by atoms with Crippen LogP contribution in [0.25, 0.3) is 0 Å². The standard InChI is InChI=1S/C17H21NO2/c19-16(14-7-3-1-4-8-14)18-12-11-17(20,13-18)15-9-5-2-6-10-15/h1-3,5-6,9-10,14,20H,4,7-8,11-13H2/t14-,17-/m1/s1. The molecule has 1 aliphatic carbocycles. The topological polar surface area (TPSA) is 40.5 Å². The molecule has 3 rings (SSSR count). The summed E-state index contributed by atoms with van der Waals surface area (Å²) in [6.07, 6.45) is 7.66. The summed E-state index contributed by atoms with van der Waals surface area (Å²) in [7, 11) is 0. The molecular weight excluding hydrogens is 250 g/mol. The lowest BCUT2D eigenvalue weighted by Gasteiger charge is -2.27. The number of likely N-dealkylation sites (tertiary alicyclic amines) is 1. The highest BCUT2D eigenvalue weighted by atomic mass is 16.3. The van der Waals surface area contributed by atoms with E-state index in [1.807, 2.05) is 35.2 Å². The Balaban J connectivity index is 1.70. The minimum absolute atomic E-state index is 0.109. The largest absolute Gasteiger partial charge is 0.383 e. The molecule has 1 heterocycles. The average molecular weight is 271 g/mol. The first-order chi connectivity index (χ1) is 9.69. The first-order valence-corrected chi connectivity index (χ1v) is 7.41. The Bertz CT molecular complexity index is 511. The number of rotatable bonds is 2. The maximum absolute atomic E-state index is 12.5. The van der Waals surface area contributed by atoms with Gasteiger partial charge in [-0.15, -0.1) is 0 Å². The monoisotopic (exact) mass is 271 g/mol. The number of benzene rings is 1. The highest BCUT2D eigenvalue weighted by Gasteiger charge is 2.40. The van der Waals surface area contributed by atoms with Gasteiger partial charge in [0.15, 0.2) is 0 Å². The first-order valence-electron chi connectivity index (χ1n) is 7.41. The van der Waals surface area contributed by atoms with Gasteiger partial charge in [0.2, 0.25) is 5.91 Å². The zero-order valence-corrected chi connectivity index (χ0v) is 11.7. The van der Waals surface area contributed by atoms with Gasteiger partial charge in [0.1, 0.15) is 5.60 Å². The fraction of sp³-hybridized carbons (Fsp3) is 0.471. The Morgan fingerprint density at radius 2 is 2.05 bits per heavy atom. The van der Waals surface area contributed by atoms with Crippen LogP contribution in [0.4, 0.5) is 0 Å². The van der Waals surface area contributed by atoms with Crippen molar-refractivity contribution in [2.45, 2.75) is 31.3 Å². The van der Waals surface area contributed by atoms with Crippen LogP contribution in [0.1, 0.15) is 31.2 Å². The van der Waals surface area contributed by atoms with Crippen molar-refractivity contribution in [1.82, 2.24) is 4.90 Å². The average Bonchev–Trinajstić information content (AvgIpc) is 2.92. The van der Waals surface area contributed by atoms with Crippen molar-refractivity contribution in [3.05, 3.63) is 48.0 Å². The predicted molar refractivity (Wildman–Crippen MR) is 78.0 cm³/mol. The normalized spacial score (nSPS) is 29.6. The van der Waals surface area contributed by atoms with Gasteiger partial charge in [-0.1, -0.05) is 42.5 Å². The molecule has 0 bridgehead atoms. The van der Waals surface area contributed by atoms with Crippen LogP contribution in [0, 0.1) is 5.92 Å². The van der Waals surface area contributed by atoms with Crippen LogP contribution >= 0.6 is 0 Å². The maximum Gasteiger partial charge on any atom is 0.226 e. The lowest BCUT2D eigenvalue weighted by atomic mass is 9.92. The van der Waals surface area contributed by atoms with Crippen LogP contribution in [0.15, 0.2) is 42.5 Å². The molecule has 3 heteroatoms. The van der Waals surface area contributed by atoms with Gasteiger partial charge in [0.25, 0.3) is 0 Å². The smallest absolute Gasteiger partial charge is 0.226 e. The van der Waals surface area contributed by atoms with E-state index in [0.29, 0.717) is 19.5 Å². The number of carbonyl (C=O) groups is 1. The molecule has 3 nitrogen and oxygen atoms in total. The Morgan fingerprint density at radius 1 is 1.25 bits per heavy atom. The van der Waals surface area contributed by atoms with Crippen molar-refractivity contribution >= 4 is 5.91 Å². The number of carbonyl (C=O) groups excluding carboxylic acids is 1. The summed E-state index contributed by atoms with van der Waals surface area (Å²) in [5, 5.41) is 10.8. The Labute approximate surface area is 119 Å². The van der Waals surface area contributed by atoms with Gasteiger partial charge < -0.3 is 10.0 Å². The van der Waals surface area contributed by atoms with Gasteiger partial charge in [-0.05, 0) is 31.2 Å². The number of allylic oxidation sites excluding steroid dienone is 2. The zero-order chi connectivity index (χ0) is 14.0. The molecule has 1 N–H and O–H groups in total. The van der Waals surface area contributed by atoms with Crippen molar-refractivity contribution in [3.63, 3.8) is 0 Å². The molecule has 2 atom stereocenters. The van der Waals surface area contributed by atoms with E-state index in [0.717, 1.165) is 24.8 Å². The molecule has 0 radical (unpaired) electrons. The summed E-state index contributed by atoms with van der Waals surface area (Å²) in [4.78, 5) is 14.3. The molecule has 0 spiro atoms. The highest BCUT2D eigenvalue weighted by Crippen LogP contribution is 2.33. The number of aliphatic hydroxyl groups is 1. The number of nitrogens with zero attached hydrogens (tertiary/aromatic N) is 1. The Kier molecular flexibility index (Phi) is 3.62. The van der Waals surface area contributed by atoms with E-state index in [1.165, 1.54) is 0 Å². The van der Waals surface area contributed by atoms with Gasteiger partial charge in [-0.2, -0.15) is 0 Å². The highest BCUT2D eigenvalue weighted by molar-refractivity contribution is 5.79. The molecule has 1 amide bonds. The lowest BCUT2D eigenvalue weighted by molar-refractivity contribution is -0.135. The van der Waals surface area contributed by atoms with Gasteiger partial charge in [0, 0.05) is 12.5 Å². The van der Waals surface area contributed by atoms with Gasteiger partial charge in [-0.25, -0.2) is 0 Å². The van der Waals surface area contributed by atoms with Crippen molar-refractivity contribution < 1.29 is 9.90 Å². The number of amides is 1. The van der Waals surface area contributed by atoms with Crippen LogP contribution in [0.2, 0.25) is 0 Å². The van der Waals surface area contributed by atoms with E-state index in [4.69, 9.17) is 0 Å². The van der Waals surface area contributed by atoms with Crippen LogP contribution < -0.4 is 0 Å². The predicted octanol–water partition coefficient (Wildman–Crippen LogP) is 2.46.